The molecule has 4 aliphatic rings. The lowest BCUT2D eigenvalue weighted by Crippen LogP contribution is -2.74. The number of nitrogens with one attached hydrogen (secondary N) is 3. The second-order valence-electron chi connectivity index (χ2n) is 23.6. The van der Waals surface area contributed by atoms with Gasteiger partial charge in [0.2, 0.25) is 11.8 Å². The predicted octanol–water partition coefficient (Wildman–Crippen LogP) is 8.49. The number of hydrogen-bond donors (Lipinski definition) is 4. The largest absolute Gasteiger partial charge is 0.491 e. The number of piperazine rings is 1. The molecule has 2 aliphatic carbocycles. The highest BCUT2D eigenvalue weighted by Crippen LogP contribution is 2.55. The Bertz CT molecular complexity index is 2950. The Balaban J connectivity index is 0.684. The average Bonchev–Trinajstić information content (AvgIpc) is 4.26. The van der Waals surface area contributed by atoms with E-state index in [0.717, 1.165) is 68.0 Å². The number of rotatable bonds is 21. The number of aryl methyl sites for hydroxylation is 1. The molecule has 4 N–H and O–H groups in total. The number of aromatic nitrogens is 3. The summed E-state index contributed by atoms with van der Waals surface area (Å²) in [5.74, 6) is 0.205. The zero-order valence-corrected chi connectivity index (χ0v) is 48.1. The third-order valence-electron chi connectivity index (χ3n) is 16.9. The minimum Gasteiger partial charge on any atom is -0.491 e. The van der Waals surface area contributed by atoms with Crippen LogP contribution in [-0.2, 0) is 14.3 Å². The van der Waals surface area contributed by atoms with Crippen molar-refractivity contribution in [2.75, 3.05) is 59.1 Å². The van der Waals surface area contributed by atoms with E-state index in [1.807, 2.05) is 64.1 Å². The molecule has 6 atom stereocenters. The molecule has 4 fully saturated rings. The van der Waals surface area contributed by atoms with Crippen LogP contribution >= 0.6 is 11.6 Å². The van der Waals surface area contributed by atoms with Gasteiger partial charge in [0.05, 0.1) is 53.2 Å². The lowest BCUT2D eigenvalue weighted by atomic mass is 9.49. The van der Waals surface area contributed by atoms with Gasteiger partial charge in [0.1, 0.15) is 48.8 Å². The number of nitrogens with zero attached hydrogens (tertiary/aromatic N) is 6. The third-order valence-corrected chi connectivity index (χ3v) is 17.2. The number of nitriles is 1. The lowest BCUT2D eigenvalue weighted by molar-refractivity contribution is -0.164. The van der Waals surface area contributed by atoms with Gasteiger partial charge in [-0.05, 0) is 85.3 Å². The topological polar surface area (TPSA) is 221 Å². The molecule has 2 saturated heterocycles. The van der Waals surface area contributed by atoms with Gasteiger partial charge in [-0.15, -0.1) is 0 Å². The average molecular weight is 1120 g/mol. The van der Waals surface area contributed by atoms with E-state index in [1.54, 1.807) is 42.7 Å². The van der Waals surface area contributed by atoms with Crippen molar-refractivity contribution in [3.63, 3.8) is 0 Å². The molecule has 9 rings (SSSR count). The van der Waals surface area contributed by atoms with Gasteiger partial charge in [-0.25, -0.2) is 4.98 Å². The number of β-amino-alcohol motifs (C(OH)–C–C–N with tert-alkyl or cyclic N) is 1. The lowest BCUT2D eigenvalue weighted by Gasteiger charge is -2.63. The number of carbonyl (C=O) groups excluding carboxylic acids is 3. The molecule has 0 radical (unpaired) electrons. The summed E-state index contributed by atoms with van der Waals surface area (Å²) in [5.41, 5.74) is 3.93. The molecule has 3 aromatic carbocycles. The van der Waals surface area contributed by atoms with E-state index in [9.17, 15) is 24.8 Å². The second-order valence-corrected chi connectivity index (χ2v) is 24.0. The van der Waals surface area contributed by atoms with Crippen LogP contribution in [0, 0.1) is 35.0 Å². The van der Waals surface area contributed by atoms with Gasteiger partial charge < -0.3 is 49.1 Å². The Morgan fingerprint density at radius 1 is 0.912 bits per heavy atom. The predicted molar refractivity (Wildman–Crippen MR) is 302 cm³/mol. The van der Waals surface area contributed by atoms with Gasteiger partial charge >= 0.3 is 0 Å². The number of aromatic amines is 1. The van der Waals surface area contributed by atoms with Crippen LogP contribution in [0.4, 0.5) is 0 Å². The van der Waals surface area contributed by atoms with Crippen LogP contribution in [0.3, 0.4) is 0 Å². The van der Waals surface area contributed by atoms with Crippen LogP contribution < -0.4 is 24.8 Å². The van der Waals surface area contributed by atoms with Crippen molar-refractivity contribution in [2.45, 2.75) is 136 Å². The summed E-state index contributed by atoms with van der Waals surface area (Å²) >= 11 is 6.27. The molecular weight excluding hydrogens is 1040 g/mol. The standard InChI is InChI=1S/C61H78ClN9O9/c1-37(2)53(57(75)71-35-44(72)31-49(71)56(74)66-38(3)40-13-15-41(16-14-40)54-39(4)64-36-65-54)51-33-52(68-80-51)78-28-27-69-23-25-70(26-24-69)48-11-9-10-12-50(48)77-30-29-76-45-20-17-42(18-21-45)55(73)67-58-60(5,6)59(61(58,7)8)79-46-22-19-43(34-63)47(62)32-46/h13-22,32-33,36-38,44,48-50,53,58-59,72H,9-12,23-31,35H2,1-8H3,(H,64,65)(H,66,74)(H,67,73)/t38?,44-,48?,49+,50+,53?,58-,59-/m1/s1. The number of benzene rings is 3. The summed E-state index contributed by atoms with van der Waals surface area (Å²) in [4.78, 5) is 55.4. The molecular formula is C61H78ClN9O9. The fourth-order valence-corrected chi connectivity index (χ4v) is 13.1. The van der Waals surface area contributed by atoms with Crippen molar-refractivity contribution in [1.29, 1.82) is 5.26 Å². The maximum Gasteiger partial charge on any atom is 0.254 e. The molecule has 4 heterocycles. The van der Waals surface area contributed by atoms with Crippen LogP contribution in [0.5, 0.6) is 17.4 Å². The first-order chi connectivity index (χ1) is 38.3. The number of H-pyrrole nitrogens is 1. The van der Waals surface area contributed by atoms with Crippen LogP contribution in [0.25, 0.3) is 11.3 Å². The second kappa shape index (κ2) is 25.1. The van der Waals surface area contributed by atoms with E-state index < -0.39 is 18.1 Å². The van der Waals surface area contributed by atoms with Crippen molar-refractivity contribution < 1.29 is 43.0 Å². The van der Waals surface area contributed by atoms with E-state index >= 15 is 0 Å². The summed E-state index contributed by atoms with van der Waals surface area (Å²) in [6.45, 7) is 21.7. The third kappa shape index (κ3) is 13.0. The highest BCUT2D eigenvalue weighted by Gasteiger charge is 2.64. The zero-order valence-electron chi connectivity index (χ0n) is 47.4. The van der Waals surface area contributed by atoms with E-state index in [-0.39, 0.29) is 71.7 Å². The quantitative estimate of drug-likeness (QED) is 0.0507. The van der Waals surface area contributed by atoms with Gasteiger partial charge in [-0.1, -0.05) is 90.3 Å². The maximum absolute atomic E-state index is 14.3. The summed E-state index contributed by atoms with van der Waals surface area (Å²) < 4.78 is 30.8. The number of amides is 3. The molecule has 19 heteroatoms. The number of ether oxygens (including phenoxy) is 4. The van der Waals surface area contributed by atoms with Gasteiger partial charge in [0.15, 0.2) is 5.76 Å². The Morgan fingerprint density at radius 2 is 1.62 bits per heavy atom. The molecule has 428 valence electrons. The van der Waals surface area contributed by atoms with Crippen LogP contribution in [0.2, 0.25) is 5.02 Å². The van der Waals surface area contributed by atoms with Gasteiger partial charge in [0.25, 0.3) is 11.8 Å². The molecule has 80 heavy (non-hydrogen) atoms. The minimum absolute atomic E-state index is 0.0438. The Kier molecular flexibility index (Phi) is 18.3. The molecule has 3 unspecified atom stereocenters. The van der Waals surface area contributed by atoms with E-state index in [4.69, 9.17) is 35.1 Å². The minimum atomic E-state index is -0.842. The first kappa shape index (κ1) is 58.2. The number of halogens is 1. The van der Waals surface area contributed by atoms with Crippen LogP contribution in [0.1, 0.15) is 125 Å². The van der Waals surface area contributed by atoms with Crippen molar-refractivity contribution in [3.05, 3.63) is 112 Å². The molecule has 2 aromatic heterocycles. The Hall–Kier alpha value is -6.49. The SMILES string of the molecule is Cc1nc[nH]c1-c1ccc(C(C)NC(=O)[C@@H]2C[C@@H](O)CN2C(=O)C(c2cc(OCCN3CCN(C4CCCC[C@@H]4OCCOc4ccc(C(=O)N[C@H]5C(C)(C)[C@H](Oc6ccc(C#N)c(Cl)c6)C5(C)C)cc4)CC3)no2)C(C)C)cc1. The first-order valence-corrected chi connectivity index (χ1v) is 28.7. The number of hydrogen-bond acceptors (Lipinski definition) is 14. The van der Waals surface area contributed by atoms with Crippen LogP contribution in [-0.4, -0.2) is 148 Å². The smallest absolute Gasteiger partial charge is 0.254 e. The summed E-state index contributed by atoms with van der Waals surface area (Å²) in [6.07, 6.45) is 5.30. The number of imidazole rings is 1. The molecule has 0 bridgehead atoms. The monoisotopic (exact) mass is 1120 g/mol. The fraction of sp³-hybridized carbons (Fsp3) is 0.541. The normalized spacial score (nSPS) is 23.6. The number of likely N-dealkylation sites (tertiary alicyclic amines) is 1. The summed E-state index contributed by atoms with van der Waals surface area (Å²) in [7, 11) is 0. The highest BCUT2D eigenvalue weighted by atomic mass is 35.5. The number of aliphatic hydroxyl groups is 1. The molecule has 2 saturated carbocycles. The van der Waals surface area contributed by atoms with Crippen molar-refractivity contribution in [3.8, 4) is 34.7 Å². The highest BCUT2D eigenvalue weighted by molar-refractivity contribution is 6.31. The summed E-state index contributed by atoms with van der Waals surface area (Å²) in [5, 5.41) is 30.9. The zero-order chi connectivity index (χ0) is 56.9. The van der Waals surface area contributed by atoms with Crippen molar-refractivity contribution in [2.24, 2.45) is 16.7 Å². The van der Waals surface area contributed by atoms with Crippen molar-refractivity contribution in [1.82, 2.24) is 40.5 Å². The van der Waals surface area contributed by atoms with Gasteiger partial charge in [0, 0.05) is 86.3 Å². The van der Waals surface area contributed by atoms with Crippen LogP contribution in [0.15, 0.2) is 83.6 Å². The maximum atomic E-state index is 14.3. The first-order valence-electron chi connectivity index (χ1n) is 28.3. The number of aliphatic hydroxyl groups excluding tert-OH is 1. The Labute approximate surface area is 474 Å². The van der Waals surface area contributed by atoms with E-state index in [0.29, 0.717) is 71.7 Å². The number of carbonyl (C=O) groups is 3. The van der Waals surface area contributed by atoms with Gasteiger partial charge in [-0.3, -0.25) is 24.2 Å². The summed E-state index contributed by atoms with van der Waals surface area (Å²) in [6, 6.07) is 22.9. The molecule has 5 aromatic rings. The fourth-order valence-electron chi connectivity index (χ4n) is 12.9. The molecule has 3 amide bonds. The Morgan fingerprint density at radius 3 is 2.30 bits per heavy atom. The molecule has 2 aliphatic heterocycles. The van der Waals surface area contributed by atoms with Gasteiger partial charge in [-0.2, -0.15) is 5.26 Å². The molecule has 0 spiro atoms. The van der Waals surface area contributed by atoms with Crippen molar-refractivity contribution >= 4 is 29.3 Å². The molecule has 18 nitrogen and oxygen atoms in total. The van der Waals surface area contributed by atoms with E-state index in [2.05, 4.69) is 69.3 Å². The van der Waals surface area contributed by atoms with E-state index in [1.165, 1.54) is 11.3 Å².